The molecule has 0 bridgehead atoms. The van der Waals surface area contributed by atoms with Crippen molar-refractivity contribution in [2.75, 3.05) is 24.3 Å². The molecule has 1 aromatic heterocycles. The Morgan fingerprint density at radius 2 is 1.71 bits per heavy atom. The summed E-state index contributed by atoms with van der Waals surface area (Å²) in [5, 5.41) is 8.13. The maximum atomic E-state index is 13.2. The number of hydrogen-bond donors (Lipinski definition) is 1. The van der Waals surface area contributed by atoms with Crippen LogP contribution in [0.25, 0.3) is 17.1 Å². The molecule has 0 unspecified atom stereocenters. The number of amides is 2. The quantitative estimate of drug-likeness (QED) is 0.213. The molecule has 3 aromatic carbocycles. The van der Waals surface area contributed by atoms with Crippen molar-refractivity contribution in [1.29, 1.82) is 0 Å². The maximum Gasteiger partial charge on any atom is 0.573 e. The van der Waals surface area contributed by atoms with Crippen molar-refractivity contribution < 1.29 is 27.4 Å². The van der Waals surface area contributed by atoms with Crippen molar-refractivity contribution >= 4 is 28.6 Å². The van der Waals surface area contributed by atoms with Crippen LogP contribution in [0.3, 0.4) is 0 Å². The maximum absolute atomic E-state index is 13.2. The number of nitrogens with zero attached hydrogens (tertiary/aromatic N) is 5. The fourth-order valence-electron chi connectivity index (χ4n) is 4.90. The van der Waals surface area contributed by atoms with Crippen LogP contribution < -0.4 is 19.7 Å². The van der Waals surface area contributed by atoms with Crippen LogP contribution >= 0.6 is 11.8 Å². The number of aliphatic imine (C=N–C) groups is 1. The van der Waals surface area contributed by atoms with E-state index in [-0.39, 0.29) is 11.7 Å². The van der Waals surface area contributed by atoms with Gasteiger partial charge in [-0.1, -0.05) is 49.9 Å². The number of rotatable bonds is 8. The number of carbonyl (C=O) groups is 1. The van der Waals surface area contributed by atoms with Crippen LogP contribution in [-0.4, -0.2) is 51.7 Å². The van der Waals surface area contributed by atoms with Gasteiger partial charge in [0.2, 0.25) is 0 Å². The smallest absolute Gasteiger partial charge is 0.497 e. The van der Waals surface area contributed by atoms with Gasteiger partial charge in [0, 0.05) is 23.5 Å². The molecule has 4 aromatic rings. The van der Waals surface area contributed by atoms with Crippen LogP contribution in [0.5, 0.6) is 11.5 Å². The molecule has 2 amide bonds. The second kappa shape index (κ2) is 12.8. The van der Waals surface area contributed by atoms with Crippen LogP contribution in [0.1, 0.15) is 44.7 Å². The topological polar surface area (TPSA) is 93.9 Å². The van der Waals surface area contributed by atoms with Gasteiger partial charge in [-0.25, -0.2) is 14.5 Å². The highest BCUT2D eigenvalue weighted by molar-refractivity contribution is 8.14. The number of alkyl halides is 3. The van der Waals surface area contributed by atoms with Gasteiger partial charge in [-0.15, -0.1) is 18.3 Å². The normalized spacial score (nSPS) is 14.7. The van der Waals surface area contributed by atoms with Crippen LogP contribution in [0.2, 0.25) is 0 Å². The van der Waals surface area contributed by atoms with E-state index in [4.69, 9.17) is 4.74 Å². The summed E-state index contributed by atoms with van der Waals surface area (Å²) in [5.74, 6) is 1.98. The summed E-state index contributed by atoms with van der Waals surface area (Å²) in [4.78, 5) is 24.0. The third-order valence-corrected chi connectivity index (χ3v) is 8.19. The Morgan fingerprint density at radius 1 is 1.02 bits per heavy atom. The number of methoxy groups -OCH3 is 1. The Morgan fingerprint density at radius 3 is 2.36 bits per heavy atom. The number of nitrogens with one attached hydrogen (secondary N) is 1. The molecule has 1 fully saturated rings. The van der Waals surface area contributed by atoms with E-state index < -0.39 is 17.9 Å². The van der Waals surface area contributed by atoms with Crippen LogP contribution in [-0.2, 0) is 5.54 Å². The summed E-state index contributed by atoms with van der Waals surface area (Å²) >= 11 is 1.55. The van der Waals surface area contributed by atoms with E-state index >= 15 is 0 Å². The number of amidine groups is 1. The van der Waals surface area contributed by atoms with Gasteiger partial charge in [0.05, 0.1) is 18.3 Å². The fraction of sp³-hybridized carbons (Fsp3) is 0.312. The summed E-state index contributed by atoms with van der Waals surface area (Å²) < 4.78 is 48.1. The number of anilines is 1. The molecule has 2 heterocycles. The van der Waals surface area contributed by atoms with Gasteiger partial charge >= 0.3 is 12.4 Å². The lowest BCUT2D eigenvalue weighted by Gasteiger charge is -2.27. The molecule has 1 aliphatic heterocycles. The number of carbonyl (C=O) groups excluding carboxylic acids is 1. The van der Waals surface area contributed by atoms with E-state index in [1.165, 1.54) is 35.3 Å². The van der Waals surface area contributed by atoms with Crippen LogP contribution in [0.4, 0.5) is 23.7 Å². The zero-order chi connectivity index (χ0) is 32.4. The number of ether oxygens (including phenoxy) is 2. The number of halogens is 3. The first-order valence-corrected chi connectivity index (χ1v) is 15.2. The highest BCUT2D eigenvalue weighted by Crippen LogP contribution is 2.35. The van der Waals surface area contributed by atoms with Gasteiger partial charge in [0.15, 0.2) is 11.0 Å². The first-order valence-electron chi connectivity index (χ1n) is 14.2. The summed E-state index contributed by atoms with van der Waals surface area (Å²) in [6, 6.07) is 18.3. The predicted molar refractivity (Wildman–Crippen MR) is 169 cm³/mol. The summed E-state index contributed by atoms with van der Waals surface area (Å²) in [7, 11) is 1.65. The number of hydrogen-bond acceptors (Lipinski definition) is 6. The Kier molecular flexibility index (Phi) is 9.10. The standard InChI is InChI=1S/C32H33F3N6O3S/c1-20(2)26-18-25(43-5)14-15-27(26)40-16-17-45-30(40)37-29(42)38-31(3,4)22-8-6-21(7-9-22)28-36-19-41(39-28)23-10-12-24(13-11-23)44-32(33,34)35/h6-15,18-20H,16-17H2,1-5H3,(H,38,42)/b37-30-. The molecule has 5 rings (SSSR count). The second-order valence-corrected chi connectivity index (χ2v) is 12.2. The zero-order valence-electron chi connectivity index (χ0n) is 25.4. The lowest BCUT2D eigenvalue weighted by molar-refractivity contribution is -0.274. The molecule has 0 atom stereocenters. The van der Waals surface area contributed by atoms with E-state index in [1.54, 1.807) is 18.9 Å². The van der Waals surface area contributed by atoms with E-state index in [9.17, 15) is 18.0 Å². The van der Waals surface area contributed by atoms with Gasteiger partial charge in [-0.2, -0.15) is 4.99 Å². The Hall–Kier alpha value is -4.52. The van der Waals surface area contributed by atoms with Crippen molar-refractivity contribution in [2.24, 2.45) is 4.99 Å². The van der Waals surface area contributed by atoms with Gasteiger partial charge in [-0.3, -0.25) is 0 Å². The minimum atomic E-state index is -4.76. The largest absolute Gasteiger partial charge is 0.573 e. The third kappa shape index (κ3) is 7.59. The van der Waals surface area contributed by atoms with Gasteiger partial charge in [0.1, 0.15) is 17.8 Å². The summed E-state index contributed by atoms with van der Waals surface area (Å²) in [5.41, 5.74) is 3.52. The van der Waals surface area contributed by atoms with Crippen molar-refractivity contribution in [2.45, 2.75) is 45.5 Å². The van der Waals surface area contributed by atoms with Gasteiger partial charge in [0.25, 0.3) is 0 Å². The van der Waals surface area contributed by atoms with Crippen molar-refractivity contribution in [3.8, 4) is 28.6 Å². The van der Waals surface area contributed by atoms with Gasteiger partial charge < -0.3 is 19.7 Å². The predicted octanol–water partition coefficient (Wildman–Crippen LogP) is 7.52. The molecule has 0 radical (unpaired) electrons. The molecule has 1 aliphatic rings. The number of thioether (sulfide) groups is 1. The molecule has 0 saturated carbocycles. The van der Waals surface area contributed by atoms with E-state index in [0.717, 1.165) is 40.4 Å². The molecule has 0 aliphatic carbocycles. The van der Waals surface area contributed by atoms with E-state index in [1.807, 2.05) is 56.3 Å². The molecule has 9 nitrogen and oxygen atoms in total. The fourth-order valence-corrected chi connectivity index (χ4v) is 5.85. The lowest BCUT2D eigenvalue weighted by Crippen LogP contribution is -2.40. The number of urea groups is 1. The minimum Gasteiger partial charge on any atom is -0.497 e. The van der Waals surface area contributed by atoms with E-state index in [0.29, 0.717) is 16.7 Å². The van der Waals surface area contributed by atoms with E-state index in [2.05, 4.69) is 43.9 Å². The SMILES string of the molecule is COc1ccc(N2CCS/C2=N\C(=O)NC(C)(C)c2ccc(-c3ncn(-c4ccc(OC(F)(F)F)cc4)n3)cc2)c(C(C)C)c1. The first kappa shape index (κ1) is 31.9. The molecular formula is C32H33F3N6O3S. The average molecular weight is 639 g/mol. The Balaban J connectivity index is 1.27. The van der Waals surface area contributed by atoms with Crippen molar-refractivity contribution in [3.05, 3.63) is 84.2 Å². The zero-order valence-corrected chi connectivity index (χ0v) is 26.2. The summed E-state index contributed by atoms with van der Waals surface area (Å²) in [6.45, 7) is 8.80. The monoisotopic (exact) mass is 638 g/mol. The van der Waals surface area contributed by atoms with Gasteiger partial charge in [-0.05, 0) is 73.4 Å². The second-order valence-electron chi connectivity index (χ2n) is 11.2. The molecule has 0 spiro atoms. The van der Waals surface area contributed by atoms with Crippen LogP contribution in [0.15, 0.2) is 78.0 Å². The number of aromatic nitrogens is 3. The Bertz CT molecular complexity index is 1690. The third-order valence-electron chi connectivity index (χ3n) is 7.23. The molecular weight excluding hydrogens is 605 g/mol. The first-order chi connectivity index (χ1) is 21.3. The molecule has 236 valence electrons. The van der Waals surface area contributed by atoms with Crippen molar-refractivity contribution in [3.63, 3.8) is 0 Å². The molecule has 45 heavy (non-hydrogen) atoms. The lowest BCUT2D eigenvalue weighted by atomic mass is 9.93. The highest BCUT2D eigenvalue weighted by Gasteiger charge is 2.31. The molecule has 1 saturated heterocycles. The molecule has 13 heteroatoms. The van der Waals surface area contributed by atoms with Crippen molar-refractivity contribution in [1.82, 2.24) is 20.1 Å². The average Bonchev–Trinajstić information content (AvgIpc) is 3.66. The highest BCUT2D eigenvalue weighted by atomic mass is 32.2. The minimum absolute atomic E-state index is 0.259. The van der Waals surface area contributed by atoms with Crippen LogP contribution in [0, 0.1) is 0 Å². The number of benzene rings is 3. The Labute approximate surface area is 263 Å². The summed E-state index contributed by atoms with van der Waals surface area (Å²) in [6.07, 6.45) is -3.28. The molecule has 1 N–H and O–H groups in total.